The molecule has 1 amide bonds. The third-order valence-electron chi connectivity index (χ3n) is 4.60. The predicted molar refractivity (Wildman–Crippen MR) is 117 cm³/mol. The van der Waals surface area contributed by atoms with Gasteiger partial charge in [-0.05, 0) is 29.8 Å². The van der Waals surface area contributed by atoms with E-state index in [9.17, 15) is 4.79 Å². The summed E-state index contributed by atoms with van der Waals surface area (Å²) in [6, 6.07) is 9.35. The molecule has 0 bridgehead atoms. The molecule has 1 aromatic carbocycles. The fraction of sp³-hybridized carbons (Fsp3) is 0.304. The van der Waals surface area contributed by atoms with Crippen LogP contribution in [0.5, 0.6) is 11.5 Å². The molecule has 0 atom stereocenters. The smallest absolute Gasteiger partial charge is 0.244 e. The number of benzene rings is 1. The Labute approximate surface area is 177 Å². The minimum absolute atomic E-state index is 0.183. The highest BCUT2D eigenvalue weighted by Crippen LogP contribution is 2.28. The van der Waals surface area contributed by atoms with Gasteiger partial charge in [0.25, 0.3) is 0 Å². The van der Waals surface area contributed by atoms with Crippen LogP contribution in [0.1, 0.15) is 11.1 Å². The van der Waals surface area contributed by atoms with Gasteiger partial charge >= 0.3 is 0 Å². The van der Waals surface area contributed by atoms with Crippen molar-refractivity contribution in [3.05, 3.63) is 66.4 Å². The number of amides is 1. The Morgan fingerprint density at radius 3 is 2.90 bits per heavy atom. The molecule has 2 heterocycles. The Kier molecular flexibility index (Phi) is 7.86. The van der Waals surface area contributed by atoms with Crippen LogP contribution in [0, 0.1) is 0 Å². The SMILES string of the molecule is C=CCOc1ccc(/C=C/C(=O)NCc2cccnc2N2CCOCC2)cc1OC. The van der Waals surface area contributed by atoms with Gasteiger partial charge in [-0.2, -0.15) is 0 Å². The first-order valence-corrected chi connectivity index (χ1v) is 9.85. The molecule has 7 heteroatoms. The molecule has 1 aliphatic rings. The Balaban J connectivity index is 1.60. The van der Waals surface area contributed by atoms with E-state index in [1.54, 1.807) is 25.5 Å². The molecule has 2 aromatic rings. The quantitative estimate of drug-likeness (QED) is 0.507. The number of anilines is 1. The first-order valence-electron chi connectivity index (χ1n) is 9.85. The lowest BCUT2D eigenvalue weighted by atomic mass is 10.2. The van der Waals surface area contributed by atoms with Crippen LogP contribution in [0.4, 0.5) is 5.82 Å². The van der Waals surface area contributed by atoms with Gasteiger partial charge in [0.2, 0.25) is 5.91 Å². The van der Waals surface area contributed by atoms with Crippen molar-refractivity contribution in [2.75, 3.05) is 44.9 Å². The highest BCUT2D eigenvalue weighted by atomic mass is 16.5. The van der Waals surface area contributed by atoms with Crippen molar-refractivity contribution in [1.29, 1.82) is 0 Å². The molecule has 0 aliphatic carbocycles. The van der Waals surface area contributed by atoms with Crippen molar-refractivity contribution in [1.82, 2.24) is 10.3 Å². The molecule has 1 saturated heterocycles. The normalized spacial score (nSPS) is 13.8. The summed E-state index contributed by atoms with van der Waals surface area (Å²) >= 11 is 0. The molecular weight excluding hydrogens is 382 g/mol. The second kappa shape index (κ2) is 11.0. The topological polar surface area (TPSA) is 72.9 Å². The van der Waals surface area contributed by atoms with E-state index < -0.39 is 0 Å². The van der Waals surface area contributed by atoms with Crippen LogP contribution in [0.2, 0.25) is 0 Å². The van der Waals surface area contributed by atoms with Crippen LogP contribution in [-0.4, -0.2) is 50.9 Å². The number of carbonyl (C=O) groups excluding carboxylic acids is 1. The monoisotopic (exact) mass is 409 g/mol. The molecule has 7 nitrogen and oxygen atoms in total. The van der Waals surface area contributed by atoms with Crippen LogP contribution in [0.25, 0.3) is 6.08 Å². The van der Waals surface area contributed by atoms with Crippen molar-refractivity contribution >= 4 is 17.8 Å². The average Bonchev–Trinajstić information content (AvgIpc) is 2.81. The number of methoxy groups -OCH3 is 1. The van der Waals surface area contributed by atoms with E-state index in [1.165, 1.54) is 6.08 Å². The summed E-state index contributed by atoms with van der Waals surface area (Å²) < 4.78 is 16.3. The zero-order valence-corrected chi connectivity index (χ0v) is 17.2. The van der Waals surface area contributed by atoms with Crippen LogP contribution < -0.4 is 19.7 Å². The number of aromatic nitrogens is 1. The fourth-order valence-electron chi connectivity index (χ4n) is 3.10. The molecule has 158 valence electrons. The maximum Gasteiger partial charge on any atom is 0.244 e. The molecule has 1 fully saturated rings. The van der Waals surface area contributed by atoms with Crippen LogP contribution in [0.15, 0.2) is 55.3 Å². The first-order chi connectivity index (χ1) is 14.7. The fourth-order valence-corrected chi connectivity index (χ4v) is 3.10. The standard InChI is InChI=1S/C23H27N3O4/c1-3-13-30-20-8-6-18(16-21(20)28-2)7-9-22(27)25-17-19-5-4-10-24-23(19)26-11-14-29-15-12-26/h3-10,16H,1,11-15,17H2,2H3,(H,25,27)/b9-7+. The summed E-state index contributed by atoms with van der Waals surface area (Å²) in [4.78, 5) is 19.0. The highest BCUT2D eigenvalue weighted by Gasteiger charge is 2.15. The predicted octanol–water partition coefficient (Wildman–Crippen LogP) is 2.82. The number of ether oxygens (including phenoxy) is 3. The Morgan fingerprint density at radius 1 is 1.30 bits per heavy atom. The molecule has 0 radical (unpaired) electrons. The number of nitrogens with zero attached hydrogens (tertiary/aromatic N) is 2. The van der Waals surface area contributed by atoms with Crippen molar-refractivity contribution < 1.29 is 19.0 Å². The average molecular weight is 409 g/mol. The van der Waals surface area contributed by atoms with Crippen molar-refractivity contribution in [2.24, 2.45) is 0 Å². The zero-order valence-electron chi connectivity index (χ0n) is 17.2. The van der Waals surface area contributed by atoms with Crippen molar-refractivity contribution in [2.45, 2.75) is 6.54 Å². The van der Waals surface area contributed by atoms with E-state index >= 15 is 0 Å². The Hall–Kier alpha value is -3.32. The van der Waals surface area contributed by atoms with E-state index in [-0.39, 0.29) is 5.91 Å². The first kappa shape index (κ1) is 21.4. The number of rotatable bonds is 9. The lowest BCUT2D eigenvalue weighted by Crippen LogP contribution is -2.37. The third-order valence-corrected chi connectivity index (χ3v) is 4.60. The summed E-state index contributed by atoms with van der Waals surface area (Å²) in [5.41, 5.74) is 1.81. The van der Waals surface area contributed by atoms with Gasteiger partial charge < -0.3 is 24.4 Å². The zero-order chi connectivity index (χ0) is 21.2. The maximum absolute atomic E-state index is 12.3. The summed E-state index contributed by atoms with van der Waals surface area (Å²) in [6.07, 6.45) is 6.68. The highest BCUT2D eigenvalue weighted by molar-refractivity contribution is 5.91. The van der Waals surface area contributed by atoms with Gasteiger partial charge in [0.15, 0.2) is 11.5 Å². The molecule has 1 aliphatic heterocycles. The van der Waals surface area contributed by atoms with Crippen LogP contribution in [0.3, 0.4) is 0 Å². The molecule has 0 spiro atoms. The minimum Gasteiger partial charge on any atom is -0.493 e. The lowest BCUT2D eigenvalue weighted by Gasteiger charge is -2.29. The van der Waals surface area contributed by atoms with Gasteiger partial charge in [-0.25, -0.2) is 4.98 Å². The van der Waals surface area contributed by atoms with Gasteiger partial charge in [0, 0.05) is 37.5 Å². The molecule has 0 unspecified atom stereocenters. The van der Waals surface area contributed by atoms with Gasteiger partial charge in [-0.3, -0.25) is 4.79 Å². The molecular formula is C23H27N3O4. The van der Waals surface area contributed by atoms with Gasteiger partial charge in [0.1, 0.15) is 12.4 Å². The summed E-state index contributed by atoms with van der Waals surface area (Å²) in [7, 11) is 1.58. The van der Waals surface area contributed by atoms with E-state index in [4.69, 9.17) is 14.2 Å². The largest absolute Gasteiger partial charge is 0.493 e. The van der Waals surface area contributed by atoms with Gasteiger partial charge in [0.05, 0.1) is 20.3 Å². The maximum atomic E-state index is 12.3. The Morgan fingerprint density at radius 2 is 2.13 bits per heavy atom. The second-order valence-electron chi connectivity index (χ2n) is 6.65. The van der Waals surface area contributed by atoms with Crippen LogP contribution >= 0.6 is 0 Å². The molecule has 3 rings (SSSR count). The summed E-state index contributed by atoms with van der Waals surface area (Å²) in [5.74, 6) is 1.94. The molecule has 0 saturated carbocycles. The van der Waals surface area contributed by atoms with Crippen molar-refractivity contribution in [3.63, 3.8) is 0 Å². The van der Waals surface area contributed by atoms with E-state index in [0.717, 1.165) is 30.0 Å². The lowest BCUT2D eigenvalue weighted by molar-refractivity contribution is -0.116. The van der Waals surface area contributed by atoms with Gasteiger partial charge in [-0.15, -0.1) is 0 Å². The molecule has 1 aromatic heterocycles. The summed E-state index contributed by atoms with van der Waals surface area (Å²) in [5, 5.41) is 2.93. The Bertz CT molecular complexity index is 892. The van der Waals surface area contributed by atoms with Crippen LogP contribution in [-0.2, 0) is 16.1 Å². The van der Waals surface area contributed by atoms with Crippen molar-refractivity contribution in [3.8, 4) is 11.5 Å². The number of nitrogens with one attached hydrogen (secondary N) is 1. The van der Waals surface area contributed by atoms with E-state index in [0.29, 0.717) is 37.9 Å². The van der Waals surface area contributed by atoms with E-state index in [1.807, 2.05) is 30.3 Å². The number of hydrogen-bond acceptors (Lipinski definition) is 6. The molecule has 1 N–H and O–H groups in total. The van der Waals surface area contributed by atoms with Gasteiger partial charge in [-0.1, -0.05) is 24.8 Å². The number of hydrogen-bond donors (Lipinski definition) is 1. The number of carbonyl (C=O) groups is 1. The summed E-state index contributed by atoms with van der Waals surface area (Å²) in [6.45, 7) is 7.41. The number of morpholine rings is 1. The third kappa shape index (κ3) is 5.84. The minimum atomic E-state index is -0.183. The molecule has 30 heavy (non-hydrogen) atoms. The number of pyridine rings is 1. The van der Waals surface area contributed by atoms with E-state index in [2.05, 4.69) is 21.8 Å². The second-order valence-corrected chi connectivity index (χ2v) is 6.65.